The van der Waals surface area contributed by atoms with E-state index in [-0.39, 0.29) is 0 Å². The van der Waals surface area contributed by atoms with E-state index in [4.69, 9.17) is 5.11 Å². The Balaban J connectivity index is 2.79. The van der Waals surface area contributed by atoms with Crippen molar-refractivity contribution in [2.45, 2.75) is 37.9 Å². The minimum Gasteiger partial charge on any atom is -0.480 e. The fraction of sp³-hybridized carbons (Fsp3) is 0.889. The molecule has 1 aliphatic carbocycles. The Labute approximate surface area is 108 Å². The molecule has 6 nitrogen and oxygen atoms in total. The summed E-state index contributed by atoms with van der Waals surface area (Å²) < 4.78 is 61.6. The van der Waals surface area contributed by atoms with Crippen molar-refractivity contribution >= 4 is 16.2 Å². The molecule has 0 aromatic heterocycles. The van der Waals surface area contributed by atoms with Gasteiger partial charge in [-0.2, -0.15) is 30.6 Å². The van der Waals surface area contributed by atoms with Gasteiger partial charge in [0, 0.05) is 6.04 Å². The van der Waals surface area contributed by atoms with Crippen molar-refractivity contribution in [1.29, 1.82) is 0 Å². The van der Waals surface area contributed by atoms with E-state index in [9.17, 15) is 26.4 Å². The SMILES string of the molecule is O=C(O)CN(C1CCCC1)S(=O)(=O)NCC(F)(F)F. The summed E-state index contributed by atoms with van der Waals surface area (Å²) in [6.07, 6.45) is -2.30. The maximum Gasteiger partial charge on any atom is 0.402 e. The molecule has 19 heavy (non-hydrogen) atoms. The predicted molar refractivity (Wildman–Crippen MR) is 59.6 cm³/mol. The van der Waals surface area contributed by atoms with Gasteiger partial charge in [0.1, 0.15) is 13.1 Å². The Hall–Kier alpha value is -0.870. The number of halogens is 3. The molecule has 10 heteroatoms. The summed E-state index contributed by atoms with van der Waals surface area (Å²) in [7, 11) is -4.45. The molecule has 1 saturated carbocycles. The minimum atomic E-state index is -4.68. The number of carboxylic acids is 1. The van der Waals surface area contributed by atoms with Crippen LogP contribution < -0.4 is 4.72 Å². The third-order valence-electron chi connectivity index (χ3n) is 2.79. The number of rotatable bonds is 6. The summed E-state index contributed by atoms with van der Waals surface area (Å²) in [5, 5.41) is 8.68. The van der Waals surface area contributed by atoms with Gasteiger partial charge in [0.25, 0.3) is 10.2 Å². The second-order valence-electron chi connectivity index (χ2n) is 4.32. The van der Waals surface area contributed by atoms with Crippen molar-refractivity contribution in [2.24, 2.45) is 0 Å². The normalized spacial score (nSPS) is 18.1. The molecule has 0 aromatic rings. The molecule has 0 unspecified atom stereocenters. The molecule has 112 valence electrons. The average Bonchev–Trinajstić information content (AvgIpc) is 2.75. The largest absolute Gasteiger partial charge is 0.480 e. The van der Waals surface area contributed by atoms with E-state index in [0.717, 1.165) is 12.8 Å². The Kier molecular flexibility index (Phi) is 5.16. The third kappa shape index (κ3) is 5.33. The van der Waals surface area contributed by atoms with E-state index < -0.39 is 41.5 Å². The molecule has 0 atom stereocenters. The van der Waals surface area contributed by atoms with Crippen molar-refractivity contribution in [2.75, 3.05) is 13.1 Å². The molecule has 1 rings (SSSR count). The second-order valence-corrected chi connectivity index (χ2v) is 6.03. The van der Waals surface area contributed by atoms with Gasteiger partial charge >= 0.3 is 12.1 Å². The smallest absolute Gasteiger partial charge is 0.402 e. The molecule has 0 aromatic carbocycles. The number of hydrogen-bond donors (Lipinski definition) is 2. The number of carbonyl (C=O) groups is 1. The minimum absolute atomic E-state index is 0.459. The van der Waals surface area contributed by atoms with E-state index in [1.165, 1.54) is 4.72 Å². The van der Waals surface area contributed by atoms with Gasteiger partial charge in [-0.15, -0.1) is 0 Å². The zero-order valence-corrected chi connectivity index (χ0v) is 10.8. The van der Waals surface area contributed by atoms with Gasteiger partial charge in [0.15, 0.2) is 0 Å². The first-order chi connectivity index (χ1) is 8.62. The van der Waals surface area contributed by atoms with Gasteiger partial charge in [-0.3, -0.25) is 4.79 Å². The Morgan fingerprint density at radius 2 is 1.84 bits per heavy atom. The van der Waals surface area contributed by atoms with Gasteiger partial charge < -0.3 is 5.11 Å². The number of nitrogens with one attached hydrogen (secondary N) is 1. The van der Waals surface area contributed by atoms with E-state index in [0.29, 0.717) is 17.1 Å². The first-order valence-electron chi connectivity index (χ1n) is 5.67. The zero-order chi connectivity index (χ0) is 14.7. The zero-order valence-electron chi connectivity index (χ0n) is 9.98. The maximum atomic E-state index is 12.0. The summed E-state index contributed by atoms with van der Waals surface area (Å²) in [5.74, 6) is -1.40. The van der Waals surface area contributed by atoms with Crippen LogP contribution in [0, 0.1) is 0 Å². The van der Waals surface area contributed by atoms with Crippen LogP contribution in [-0.4, -0.2) is 49.1 Å². The van der Waals surface area contributed by atoms with Crippen molar-refractivity contribution in [3.63, 3.8) is 0 Å². The van der Waals surface area contributed by atoms with Crippen molar-refractivity contribution in [3.8, 4) is 0 Å². The Bertz CT molecular complexity index is 418. The van der Waals surface area contributed by atoms with Crippen LogP contribution in [0.5, 0.6) is 0 Å². The number of alkyl halides is 3. The van der Waals surface area contributed by atoms with Crippen LogP contribution in [0.15, 0.2) is 0 Å². The number of nitrogens with zero attached hydrogens (tertiary/aromatic N) is 1. The molecular formula is C9H15F3N2O4S. The summed E-state index contributed by atoms with van der Waals surface area (Å²) in [6.45, 7) is -2.55. The van der Waals surface area contributed by atoms with Gasteiger partial charge in [-0.25, -0.2) is 0 Å². The highest BCUT2D eigenvalue weighted by atomic mass is 32.2. The molecule has 2 N–H and O–H groups in total. The molecule has 0 bridgehead atoms. The summed E-state index contributed by atoms with van der Waals surface area (Å²) in [4.78, 5) is 10.7. The van der Waals surface area contributed by atoms with Crippen LogP contribution in [0.3, 0.4) is 0 Å². The number of hydrogen-bond acceptors (Lipinski definition) is 3. The van der Waals surface area contributed by atoms with Crippen LogP contribution in [0.25, 0.3) is 0 Å². The Morgan fingerprint density at radius 3 is 2.26 bits per heavy atom. The van der Waals surface area contributed by atoms with Gasteiger partial charge in [0.2, 0.25) is 0 Å². The van der Waals surface area contributed by atoms with E-state index in [2.05, 4.69) is 0 Å². The standard InChI is InChI=1S/C9H15F3N2O4S/c10-9(11,12)6-13-19(17,18)14(5-8(15)16)7-3-1-2-4-7/h7,13H,1-6H2,(H,15,16). The lowest BCUT2D eigenvalue weighted by molar-refractivity contribution is -0.137. The van der Waals surface area contributed by atoms with Crippen LogP contribution in [0.4, 0.5) is 13.2 Å². The third-order valence-corrected chi connectivity index (χ3v) is 4.34. The second kappa shape index (κ2) is 6.06. The van der Waals surface area contributed by atoms with E-state index in [1.807, 2.05) is 0 Å². The molecule has 1 aliphatic rings. The highest BCUT2D eigenvalue weighted by Gasteiger charge is 2.36. The molecular weight excluding hydrogens is 289 g/mol. The number of carboxylic acid groups (broad SMARTS) is 1. The van der Waals surface area contributed by atoms with Crippen molar-refractivity contribution in [1.82, 2.24) is 9.03 Å². The van der Waals surface area contributed by atoms with Crippen LogP contribution in [0.2, 0.25) is 0 Å². The topological polar surface area (TPSA) is 86.7 Å². The Morgan fingerprint density at radius 1 is 1.32 bits per heavy atom. The van der Waals surface area contributed by atoms with Gasteiger partial charge in [0.05, 0.1) is 0 Å². The quantitative estimate of drug-likeness (QED) is 0.757. The summed E-state index contributed by atoms with van der Waals surface area (Å²) in [5.41, 5.74) is 0. The van der Waals surface area contributed by atoms with Crippen molar-refractivity contribution in [3.05, 3.63) is 0 Å². The van der Waals surface area contributed by atoms with Crippen LogP contribution >= 0.6 is 0 Å². The van der Waals surface area contributed by atoms with E-state index in [1.54, 1.807) is 0 Å². The maximum absolute atomic E-state index is 12.0. The lowest BCUT2D eigenvalue weighted by atomic mass is 10.2. The fourth-order valence-corrected chi connectivity index (χ4v) is 3.39. The highest BCUT2D eigenvalue weighted by molar-refractivity contribution is 7.87. The predicted octanol–water partition coefficient (Wildman–Crippen LogP) is 0.712. The molecule has 0 aliphatic heterocycles. The molecule has 1 fully saturated rings. The monoisotopic (exact) mass is 304 g/mol. The van der Waals surface area contributed by atoms with E-state index >= 15 is 0 Å². The summed E-state index contributed by atoms with van der Waals surface area (Å²) in [6, 6.07) is -0.554. The van der Waals surface area contributed by atoms with Crippen molar-refractivity contribution < 1.29 is 31.5 Å². The number of aliphatic carboxylic acids is 1. The molecule has 0 heterocycles. The lowest BCUT2D eigenvalue weighted by Gasteiger charge is -2.26. The first kappa shape index (κ1) is 16.2. The first-order valence-corrected chi connectivity index (χ1v) is 7.11. The molecule has 0 spiro atoms. The molecule has 0 amide bonds. The fourth-order valence-electron chi connectivity index (χ4n) is 1.99. The summed E-state index contributed by atoms with van der Waals surface area (Å²) >= 11 is 0. The highest BCUT2D eigenvalue weighted by Crippen LogP contribution is 2.25. The van der Waals surface area contributed by atoms with Gasteiger partial charge in [-0.05, 0) is 12.8 Å². The lowest BCUT2D eigenvalue weighted by Crippen LogP contribution is -2.49. The average molecular weight is 304 g/mol. The van der Waals surface area contributed by atoms with Crippen LogP contribution in [-0.2, 0) is 15.0 Å². The molecule has 0 saturated heterocycles. The van der Waals surface area contributed by atoms with Gasteiger partial charge in [-0.1, -0.05) is 12.8 Å². The van der Waals surface area contributed by atoms with Crippen LogP contribution in [0.1, 0.15) is 25.7 Å². The molecule has 0 radical (unpaired) electrons.